The van der Waals surface area contributed by atoms with Gasteiger partial charge < -0.3 is 5.11 Å². The first kappa shape index (κ1) is 19.8. The third-order valence-electron chi connectivity index (χ3n) is 4.74. The van der Waals surface area contributed by atoms with Crippen molar-refractivity contribution >= 4 is 0 Å². The Balaban J connectivity index is 2.03. The molecule has 1 heteroatoms. The summed E-state index contributed by atoms with van der Waals surface area (Å²) in [6.45, 7) is 6.21. The van der Waals surface area contributed by atoms with E-state index >= 15 is 0 Å². The molecule has 1 unspecified atom stereocenters. The molecule has 0 spiro atoms. The molecule has 0 aliphatic rings. The van der Waals surface area contributed by atoms with E-state index in [2.05, 4.69) is 13.5 Å². The Morgan fingerprint density at radius 2 is 1.39 bits per heavy atom. The molecule has 0 heterocycles. The van der Waals surface area contributed by atoms with E-state index < -0.39 is 0 Å². The van der Waals surface area contributed by atoms with E-state index in [0.717, 1.165) is 12.0 Å². The summed E-state index contributed by atoms with van der Waals surface area (Å²) in [4.78, 5) is 0. The van der Waals surface area contributed by atoms with Crippen molar-refractivity contribution in [3.8, 4) is 5.75 Å². The van der Waals surface area contributed by atoms with Gasteiger partial charge in [0.05, 0.1) is 0 Å². The molecule has 1 atom stereocenters. The fourth-order valence-electron chi connectivity index (χ4n) is 3.23. The quantitative estimate of drug-likeness (QED) is 0.281. The van der Waals surface area contributed by atoms with Crippen LogP contribution in [0.15, 0.2) is 36.9 Å². The van der Waals surface area contributed by atoms with E-state index in [9.17, 15) is 5.11 Å². The van der Waals surface area contributed by atoms with Gasteiger partial charge in [-0.25, -0.2) is 0 Å². The Kier molecular flexibility index (Phi) is 11.4. The number of hydrogen-bond donors (Lipinski definition) is 1. The summed E-state index contributed by atoms with van der Waals surface area (Å²) in [6.07, 6.45) is 18.1. The average molecular weight is 317 g/mol. The van der Waals surface area contributed by atoms with Crippen molar-refractivity contribution in [2.45, 2.75) is 89.9 Å². The van der Waals surface area contributed by atoms with Crippen molar-refractivity contribution in [1.82, 2.24) is 0 Å². The summed E-state index contributed by atoms with van der Waals surface area (Å²) in [7, 11) is 0. The van der Waals surface area contributed by atoms with E-state index in [0.29, 0.717) is 5.75 Å². The average Bonchev–Trinajstić information content (AvgIpc) is 2.57. The summed E-state index contributed by atoms with van der Waals surface area (Å²) in [5.41, 5.74) is 1.02. The highest BCUT2D eigenvalue weighted by atomic mass is 16.3. The van der Waals surface area contributed by atoms with Gasteiger partial charge in [-0.2, -0.15) is 0 Å². The van der Waals surface area contributed by atoms with Crippen molar-refractivity contribution < 1.29 is 5.11 Å². The number of hydrogen-bond acceptors (Lipinski definition) is 1. The Labute approximate surface area is 143 Å². The molecule has 130 valence electrons. The van der Waals surface area contributed by atoms with Gasteiger partial charge in [0.2, 0.25) is 0 Å². The SMILES string of the molecule is C=CC(CCCCCCCCCCCCC)c1ccccc1O. The number of phenolic OH excluding ortho intramolecular Hbond substituents is 1. The first-order valence-corrected chi connectivity index (χ1v) is 9.70. The van der Waals surface area contributed by atoms with Crippen LogP contribution < -0.4 is 0 Å². The van der Waals surface area contributed by atoms with Gasteiger partial charge in [0.1, 0.15) is 5.75 Å². The van der Waals surface area contributed by atoms with Crippen molar-refractivity contribution in [1.29, 1.82) is 0 Å². The summed E-state index contributed by atoms with van der Waals surface area (Å²) in [5.74, 6) is 0.690. The third kappa shape index (κ3) is 8.83. The lowest BCUT2D eigenvalue weighted by Crippen LogP contribution is -1.95. The summed E-state index contributed by atoms with van der Waals surface area (Å²) in [5, 5.41) is 9.94. The van der Waals surface area contributed by atoms with Crippen LogP contribution in [0.4, 0.5) is 0 Å². The van der Waals surface area contributed by atoms with Crippen LogP contribution in [-0.4, -0.2) is 5.11 Å². The minimum Gasteiger partial charge on any atom is -0.508 e. The maximum absolute atomic E-state index is 9.94. The fraction of sp³-hybridized carbons (Fsp3) is 0.636. The fourth-order valence-corrected chi connectivity index (χ4v) is 3.23. The molecule has 1 rings (SSSR count). The van der Waals surface area contributed by atoms with Gasteiger partial charge in [-0.3, -0.25) is 0 Å². The number of benzene rings is 1. The second-order valence-corrected chi connectivity index (χ2v) is 6.73. The molecule has 0 saturated heterocycles. The Morgan fingerprint density at radius 1 is 0.870 bits per heavy atom. The third-order valence-corrected chi connectivity index (χ3v) is 4.74. The molecule has 0 fully saturated rings. The number of phenols is 1. The summed E-state index contributed by atoms with van der Waals surface area (Å²) in [6, 6.07) is 7.65. The van der Waals surface area contributed by atoms with Crippen molar-refractivity contribution in [2.24, 2.45) is 0 Å². The molecule has 0 saturated carbocycles. The molecular weight excluding hydrogens is 280 g/mol. The largest absolute Gasteiger partial charge is 0.508 e. The normalized spacial score (nSPS) is 12.2. The highest BCUT2D eigenvalue weighted by Gasteiger charge is 2.10. The maximum Gasteiger partial charge on any atom is 0.119 e. The topological polar surface area (TPSA) is 20.2 Å². The van der Waals surface area contributed by atoms with Crippen LogP contribution in [0.2, 0.25) is 0 Å². The van der Waals surface area contributed by atoms with Gasteiger partial charge in [0.25, 0.3) is 0 Å². The molecule has 1 aromatic rings. The first-order chi connectivity index (χ1) is 11.3. The van der Waals surface area contributed by atoms with Crippen LogP contribution in [0.3, 0.4) is 0 Å². The molecule has 1 N–H and O–H groups in total. The Morgan fingerprint density at radius 3 is 1.91 bits per heavy atom. The van der Waals surface area contributed by atoms with Gasteiger partial charge in [0.15, 0.2) is 0 Å². The number of aromatic hydroxyl groups is 1. The molecule has 1 aromatic carbocycles. The Bertz CT molecular complexity index is 410. The van der Waals surface area contributed by atoms with Crippen molar-refractivity contribution in [2.75, 3.05) is 0 Å². The van der Waals surface area contributed by atoms with Crippen LogP contribution in [0.25, 0.3) is 0 Å². The summed E-state index contributed by atoms with van der Waals surface area (Å²) < 4.78 is 0. The predicted octanol–water partition coefficient (Wildman–Crippen LogP) is 7.36. The minimum absolute atomic E-state index is 0.287. The van der Waals surface area contributed by atoms with Gasteiger partial charge in [-0.05, 0) is 12.5 Å². The predicted molar refractivity (Wildman–Crippen MR) is 102 cm³/mol. The molecule has 0 amide bonds. The van der Waals surface area contributed by atoms with Crippen LogP contribution >= 0.6 is 0 Å². The highest BCUT2D eigenvalue weighted by Crippen LogP contribution is 2.30. The van der Waals surface area contributed by atoms with Gasteiger partial charge in [0, 0.05) is 11.5 Å². The van der Waals surface area contributed by atoms with Crippen LogP contribution in [0.5, 0.6) is 5.75 Å². The first-order valence-electron chi connectivity index (χ1n) is 9.70. The highest BCUT2D eigenvalue weighted by molar-refractivity contribution is 5.36. The molecular formula is C22H36O. The van der Waals surface area contributed by atoms with Crippen LogP contribution in [0, 0.1) is 0 Å². The standard InChI is InChI=1S/C22H36O/c1-3-5-6-7-8-9-10-11-12-13-14-17-20(4-2)21-18-15-16-19-22(21)23/h4,15-16,18-20,23H,2-3,5-14,17H2,1H3. The van der Waals surface area contributed by atoms with E-state index in [1.54, 1.807) is 6.07 Å². The smallest absolute Gasteiger partial charge is 0.119 e. The minimum atomic E-state index is 0.287. The van der Waals surface area contributed by atoms with Gasteiger partial charge in [-0.15, -0.1) is 6.58 Å². The molecule has 0 aliphatic carbocycles. The zero-order chi connectivity index (χ0) is 16.8. The van der Waals surface area contributed by atoms with E-state index in [1.807, 2.05) is 24.3 Å². The summed E-state index contributed by atoms with van der Waals surface area (Å²) >= 11 is 0. The molecule has 0 radical (unpaired) electrons. The van der Waals surface area contributed by atoms with Crippen LogP contribution in [-0.2, 0) is 0 Å². The van der Waals surface area contributed by atoms with E-state index in [-0.39, 0.29) is 5.92 Å². The van der Waals surface area contributed by atoms with E-state index in [4.69, 9.17) is 0 Å². The van der Waals surface area contributed by atoms with Gasteiger partial charge >= 0.3 is 0 Å². The number of unbranched alkanes of at least 4 members (excludes halogenated alkanes) is 10. The number of para-hydroxylation sites is 1. The monoisotopic (exact) mass is 316 g/mol. The maximum atomic E-state index is 9.94. The number of allylic oxidation sites excluding steroid dienone is 1. The van der Waals surface area contributed by atoms with Crippen LogP contribution in [0.1, 0.15) is 95.5 Å². The molecule has 1 nitrogen and oxygen atoms in total. The molecule has 0 aromatic heterocycles. The second-order valence-electron chi connectivity index (χ2n) is 6.73. The molecule has 0 aliphatic heterocycles. The van der Waals surface area contributed by atoms with E-state index in [1.165, 1.54) is 70.6 Å². The molecule has 0 bridgehead atoms. The van der Waals surface area contributed by atoms with Crippen molar-refractivity contribution in [3.05, 3.63) is 42.5 Å². The van der Waals surface area contributed by atoms with Gasteiger partial charge in [-0.1, -0.05) is 102 Å². The van der Waals surface area contributed by atoms with Crippen molar-refractivity contribution in [3.63, 3.8) is 0 Å². The molecule has 23 heavy (non-hydrogen) atoms. The zero-order valence-electron chi connectivity index (χ0n) is 15.1. The zero-order valence-corrected chi connectivity index (χ0v) is 15.1. The number of rotatable bonds is 14. The lowest BCUT2D eigenvalue weighted by Gasteiger charge is -2.14. The lowest BCUT2D eigenvalue weighted by atomic mass is 9.92. The second kappa shape index (κ2) is 13.2. The lowest BCUT2D eigenvalue weighted by molar-refractivity contribution is 0.461. The Hall–Kier alpha value is -1.24.